The zero-order valence-electron chi connectivity index (χ0n) is 10.1. The average molecular weight is 265 g/mol. The van der Waals surface area contributed by atoms with Crippen molar-refractivity contribution >= 4 is 5.95 Å². The van der Waals surface area contributed by atoms with Crippen LogP contribution in [0.5, 0.6) is 17.8 Å². The SMILES string of the molecule is CCOc1nc(NN)nc(Oc2cccc(F)c2)n1. The molecule has 1 heterocycles. The van der Waals surface area contributed by atoms with Crippen molar-refractivity contribution in [2.45, 2.75) is 6.92 Å². The first-order valence-corrected chi connectivity index (χ1v) is 5.50. The van der Waals surface area contributed by atoms with Gasteiger partial charge in [-0.1, -0.05) is 6.07 Å². The molecular weight excluding hydrogens is 253 g/mol. The molecule has 0 unspecified atom stereocenters. The van der Waals surface area contributed by atoms with Crippen molar-refractivity contribution in [1.29, 1.82) is 0 Å². The number of hydrogen-bond acceptors (Lipinski definition) is 7. The number of nitrogens with zero attached hydrogens (tertiary/aromatic N) is 3. The van der Waals surface area contributed by atoms with Crippen LogP contribution < -0.4 is 20.7 Å². The van der Waals surface area contributed by atoms with Gasteiger partial charge < -0.3 is 9.47 Å². The monoisotopic (exact) mass is 265 g/mol. The number of benzene rings is 1. The van der Waals surface area contributed by atoms with E-state index in [1.54, 1.807) is 13.0 Å². The highest BCUT2D eigenvalue weighted by Crippen LogP contribution is 2.20. The molecule has 0 amide bonds. The maximum atomic E-state index is 13.0. The van der Waals surface area contributed by atoms with Crippen molar-refractivity contribution in [2.75, 3.05) is 12.0 Å². The van der Waals surface area contributed by atoms with E-state index in [1.807, 2.05) is 0 Å². The average Bonchev–Trinajstić information content (AvgIpc) is 2.39. The van der Waals surface area contributed by atoms with Crippen LogP contribution in [0.4, 0.5) is 10.3 Å². The zero-order valence-corrected chi connectivity index (χ0v) is 10.1. The van der Waals surface area contributed by atoms with E-state index in [2.05, 4.69) is 20.4 Å². The van der Waals surface area contributed by atoms with E-state index in [-0.39, 0.29) is 23.7 Å². The lowest BCUT2D eigenvalue weighted by Gasteiger charge is -2.07. The predicted octanol–water partition coefficient (Wildman–Crippen LogP) is 1.49. The second kappa shape index (κ2) is 5.91. The van der Waals surface area contributed by atoms with E-state index in [0.717, 1.165) is 0 Å². The molecule has 0 aliphatic carbocycles. The first kappa shape index (κ1) is 13.0. The molecule has 0 aliphatic rings. The van der Waals surface area contributed by atoms with Crippen LogP contribution >= 0.6 is 0 Å². The number of nitrogens with one attached hydrogen (secondary N) is 1. The Labute approximate surface area is 108 Å². The summed E-state index contributed by atoms with van der Waals surface area (Å²) in [5, 5.41) is 0. The van der Waals surface area contributed by atoms with Gasteiger partial charge in [0.1, 0.15) is 11.6 Å². The van der Waals surface area contributed by atoms with Crippen molar-refractivity contribution in [2.24, 2.45) is 5.84 Å². The number of hydrogen-bond donors (Lipinski definition) is 2. The molecule has 1 aromatic carbocycles. The molecule has 19 heavy (non-hydrogen) atoms. The molecule has 1 aromatic heterocycles. The van der Waals surface area contributed by atoms with Crippen LogP contribution in [0.15, 0.2) is 24.3 Å². The minimum Gasteiger partial charge on any atom is -0.464 e. The van der Waals surface area contributed by atoms with Gasteiger partial charge in [-0.3, -0.25) is 5.43 Å². The molecule has 0 saturated heterocycles. The first-order chi connectivity index (χ1) is 9.21. The Bertz CT molecular complexity index is 567. The largest absolute Gasteiger partial charge is 0.464 e. The Morgan fingerprint density at radius 1 is 1.26 bits per heavy atom. The fraction of sp³-hybridized carbons (Fsp3) is 0.182. The van der Waals surface area contributed by atoms with Crippen molar-refractivity contribution in [3.05, 3.63) is 30.1 Å². The van der Waals surface area contributed by atoms with Gasteiger partial charge in [0.15, 0.2) is 0 Å². The van der Waals surface area contributed by atoms with Gasteiger partial charge >= 0.3 is 12.0 Å². The Kier molecular flexibility index (Phi) is 4.04. The summed E-state index contributed by atoms with van der Waals surface area (Å²) in [7, 11) is 0. The summed E-state index contributed by atoms with van der Waals surface area (Å²) in [6.07, 6.45) is 0. The number of rotatable bonds is 5. The number of aromatic nitrogens is 3. The molecule has 2 aromatic rings. The van der Waals surface area contributed by atoms with Crippen LogP contribution in [0.25, 0.3) is 0 Å². The number of nitrogens with two attached hydrogens (primary N) is 1. The lowest BCUT2D eigenvalue weighted by atomic mass is 10.3. The Hall–Kier alpha value is -2.48. The molecule has 2 rings (SSSR count). The molecule has 0 fully saturated rings. The van der Waals surface area contributed by atoms with Gasteiger partial charge in [-0.25, -0.2) is 10.2 Å². The fourth-order valence-corrected chi connectivity index (χ4v) is 1.28. The molecule has 8 heteroatoms. The standard InChI is InChI=1S/C11H12FN5O2/c1-2-18-10-14-9(17-13)15-11(16-10)19-8-5-3-4-7(12)6-8/h3-6H,2,13H2,1H3,(H,14,15,16,17). The van der Waals surface area contributed by atoms with Gasteiger partial charge in [-0.15, -0.1) is 4.98 Å². The van der Waals surface area contributed by atoms with Gasteiger partial charge in [0, 0.05) is 6.07 Å². The van der Waals surface area contributed by atoms with E-state index in [0.29, 0.717) is 6.61 Å². The summed E-state index contributed by atoms with van der Waals surface area (Å²) < 4.78 is 23.5. The van der Waals surface area contributed by atoms with Crippen LogP contribution in [-0.4, -0.2) is 21.6 Å². The molecule has 7 nitrogen and oxygen atoms in total. The van der Waals surface area contributed by atoms with Gasteiger partial charge in [0.05, 0.1) is 6.61 Å². The predicted molar refractivity (Wildman–Crippen MR) is 65.3 cm³/mol. The summed E-state index contributed by atoms with van der Waals surface area (Å²) in [6.45, 7) is 2.17. The maximum Gasteiger partial charge on any atom is 0.330 e. The smallest absolute Gasteiger partial charge is 0.330 e. The number of anilines is 1. The molecular formula is C11H12FN5O2. The van der Waals surface area contributed by atoms with Crippen molar-refractivity contribution in [3.63, 3.8) is 0 Å². The third-order valence-corrected chi connectivity index (χ3v) is 2.00. The molecule has 0 radical (unpaired) electrons. The Morgan fingerprint density at radius 2 is 2.05 bits per heavy atom. The van der Waals surface area contributed by atoms with Gasteiger partial charge in [-0.2, -0.15) is 9.97 Å². The Morgan fingerprint density at radius 3 is 2.74 bits per heavy atom. The number of halogens is 1. The van der Waals surface area contributed by atoms with Crippen LogP contribution in [-0.2, 0) is 0 Å². The third-order valence-electron chi connectivity index (χ3n) is 2.00. The van der Waals surface area contributed by atoms with Crippen LogP contribution in [0.2, 0.25) is 0 Å². The first-order valence-electron chi connectivity index (χ1n) is 5.50. The van der Waals surface area contributed by atoms with Crippen LogP contribution in [0, 0.1) is 5.82 Å². The molecule has 0 spiro atoms. The molecule has 0 bridgehead atoms. The highest BCUT2D eigenvalue weighted by Gasteiger charge is 2.09. The summed E-state index contributed by atoms with van der Waals surface area (Å²) in [5.74, 6) is 5.15. The van der Waals surface area contributed by atoms with Crippen LogP contribution in [0.1, 0.15) is 6.92 Å². The minimum absolute atomic E-state index is 0.0444. The highest BCUT2D eigenvalue weighted by atomic mass is 19.1. The van der Waals surface area contributed by atoms with Crippen molar-refractivity contribution in [1.82, 2.24) is 15.0 Å². The minimum atomic E-state index is -0.422. The van der Waals surface area contributed by atoms with Gasteiger partial charge in [0.2, 0.25) is 5.95 Å². The van der Waals surface area contributed by atoms with E-state index in [9.17, 15) is 4.39 Å². The van der Waals surface area contributed by atoms with E-state index < -0.39 is 5.82 Å². The van der Waals surface area contributed by atoms with Crippen molar-refractivity contribution in [3.8, 4) is 17.8 Å². The quantitative estimate of drug-likeness (QED) is 0.624. The van der Waals surface area contributed by atoms with E-state index >= 15 is 0 Å². The summed E-state index contributed by atoms with van der Waals surface area (Å²) in [5.41, 5.74) is 2.27. The maximum absolute atomic E-state index is 13.0. The van der Waals surface area contributed by atoms with E-state index in [4.69, 9.17) is 15.3 Å². The van der Waals surface area contributed by atoms with Crippen LogP contribution in [0.3, 0.4) is 0 Å². The second-order valence-electron chi connectivity index (χ2n) is 3.36. The fourth-order valence-electron chi connectivity index (χ4n) is 1.28. The molecule has 100 valence electrons. The molecule has 0 saturated carbocycles. The second-order valence-corrected chi connectivity index (χ2v) is 3.36. The molecule has 0 aliphatic heterocycles. The summed E-state index contributed by atoms with van der Waals surface area (Å²) >= 11 is 0. The lowest BCUT2D eigenvalue weighted by Crippen LogP contribution is -2.12. The number of nitrogen functional groups attached to an aromatic ring is 1. The summed E-state index contributed by atoms with van der Waals surface area (Å²) in [6, 6.07) is 5.62. The highest BCUT2D eigenvalue weighted by molar-refractivity contribution is 5.29. The molecule has 3 N–H and O–H groups in total. The Balaban J connectivity index is 2.26. The van der Waals surface area contributed by atoms with Crippen molar-refractivity contribution < 1.29 is 13.9 Å². The zero-order chi connectivity index (χ0) is 13.7. The molecule has 0 atom stereocenters. The van der Waals surface area contributed by atoms with E-state index in [1.165, 1.54) is 18.2 Å². The van der Waals surface area contributed by atoms with Gasteiger partial charge in [0.25, 0.3) is 0 Å². The topological polar surface area (TPSA) is 95.2 Å². The normalized spacial score (nSPS) is 10.1. The third kappa shape index (κ3) is 3.49. The number of hydrazine groups is 1. The summed E-state index contributed by atoms with van der Waals surface area (Å²) in [4.78, 5) is 11.7. The van der Waals surface area contributed by atoms with Gasteiger partial charge in [-0.05, 0) is 19.1 Å². The number of ether oxygens (including phenoxy) is 2. The lowest BCUT2D eigenvalue weighted by molar-refractivity contribution is 0.303.